The average Bonchev–Trinajstić information content (AvgIpc) is 3.15. The molecule has 0 aliphatic heterocycles. The number of aromatic nitrogens is 2. The Morgan fingerprint density at radius 3 is 2.35 bits per heavy atom. The van der Waals surface area contributed by atoms with Crippen molar-refractivity contribution in [1.29, 1.82) is 0 Å². The number of amides is 2. The van der Waals surface area contributed by atoms with Gasteiger partial charge in [-0.2, -0.15) is 0 Å². The molecule has 2 aromatic rings. The minimum Gasteiger partial charge on any atom is -0.449 e. The van der Waals surface area contributed by atoms with Gasteiger partial charge in [0.05, 0.1) is 11.9 Å². The molecular formula is C22H28N4O5. The van der Waals surface area contributed by atoms with E-state index in [0.717, 1.165) is 25.7 Å². The first kappa shape index (κ1) is 22.3. The van der Waals surface area contributed by atoms with E-state index in [4.69, 9.17) is 4.74 Å². The van der Waals surface area contributed by atoms with Gasteiger partial charge >= 0.3 is 6.16 Å². The maximum Gasteiger partial charge on any atom is 0.511 e. The molecule has 0 saturated heterocycles. The van der Waals surface area contributed by atoms with Crippen LogP contribution in [0.15, 0.2) is 36.5 Å². The molecule has 2 amide bonds. The molecule has 0 bridgehead atoms. The largest absolute Gasteiger partial charge is 0.511 e. The van der Waals surface area contributed by atoms with E-state index < -0.39 is 6.16 Å². The summed E-state index contributed by atoms with van der Waals surface area (Å²) in [7, 11) is 3.20. The SMILES string of the molecule is CC1CCC(C(=O)N(CC(=O)N(C)C)c2nn(-c3ccccc3)cc2OC(=O)O)CC1. The molecule has 1 aromatic heterocycles. The summed E-state index contributed by atoms with van der Waals surface area (Å²) < 4.78 is 6.38. The lowest BCUT2D eigenvalue weighted by Gasteiger charge is -2.30. The number of anilines is 1. The van der Waals surface area contributed by atoms with Crippen molar-refractivity contribution in [3.05, 3.63) is 36.5 Å². The molecule has 9 nitrogen and oxygen atoms in total. The van der Waals surface area contributed by atoms with E-state index in [2.05, 4.69) is 12.0 Å². The second-order valence-corrected chi connectivity index (χ2v) is 8.13. The molecule has 9 heteroatoms. The van der Waals surface area contributed by atoms with Crippen molar-refractivity contribution in [2.45, 2.75) is 32.6 Å². The van der Waals surface area contributed by atoms with Crippen molar-refractivity contribution in [3.63, 3.8) is 0 Å². The zero-order valence-electron chi connectivity index (χ0n) is 18.0. The molecule has 1 aliphatic carbocycles. The first-order valence-corrected chi connectivity index (χ1v) is 10.3. The molecule has 1 aliphatic rings. The van der Waals surface area contributed by atoms with Gasteiger partial charge in [-0.15, -0.1) is 5.10 Å². The van der Waals surface area contributed by atoms with Crippen LogP contribution in [0.2, 0.25) is 0 Å². The lowest BCUT2D eigenvalue weighted by atomic mass is 9.82. The van der Waals surface area contributed by atoms with Gasteiger partial charge in [0.2, 0.25) is 17.6 Å². The lowest BCUT2D eigenvalue weighted by Crippen LogP contribution is -2.44. The van der Waals surface area contributed by atoms with Crippen LogP contribution < -0.4 is 9.64 Å². The lowest BCUT2D eigenvalue weighted by molar-refractivity contribution is -0.130. The third kappa shape index (κ3) is 5.42. The number of carboxylic acid groups (broad SMARTS) is 1. The van der Waals surface area contributed by atoms with Crippen LogP contribution in [0.3, 0.4) is 0 Å². The van der Waals surface area contributed by atoms with Gasteiger partial charge in [0.25, 0.3) is 0 Å². The van der Waals surface area contributed by atoms with Crippen LogP contribution >= 0.6 is 0 Å². The number of likely N-dealkylation sites (N-methyl/N-ethyl adjacent to an activating group) is 1. The summed E-state index contributed by atoms with van der Waals surface area (Å²) in [5.74, 6) is -0.302. The minimum atomic E-state index is -1.52. The maximum atomic E-state index is 13.5. The molecule has 1 N–H and O–H groups in total. The fourth-order valence-electron chi connectivity index (χ4n) is 3.68. The van der Waals surface area contributed by atoms with E-state index in [-0.39, 0.29) is 35.8 Å². The topological polar surface area (TPSA) is 105 Å². The Morgan fingerprint density at radius 1 is 1.13 bits per heavy atom. The van der Waals surface area contributed by atoms with Gasteiger partial charge < -0.3 is 14.7 Å². The number of carbonyl (C=O) groups is 3. The fraction of sp³-hybridized carbons (Fsp3) is 0.455. The van der Waals surface area contributed by atoms with Crippen LogP contribution in [0.1, 0.15) is 32.6 Å². The van der Waals surface area contributed by atoms with Crippen molar-refractivity contribution in [2.24, 2.45) is 11.8 Å². The van der Waals surface area contributed by atoms with Gasteiger partial charge in [0.1, 0.15) is 6.54 Å². The van der Waals surface area contributed by atoms with E-state index in [1.807, 2.05) is 18.2 Å². The molecule has 0 atom stereocenters. The molecule has 31 heavy (non-hydrogen) atoms. The standard InChI is InChI=1S/C22H28N4O5/c1-15-9-11-16(12-10-15)21(28)25(14-19(27)24(2)3)20-18(31-22(29)30)13-26(23-20)17-7-5-4-6-8-17/h4-8,13,15-16H,9-12,14H2,1-3H3,(H,29,30). The minimum absolute atomic E-state index is 0.0186. The Morgan fingerprint density at radius 2 is 1.77 bits per heavy atom. The summed E-state index contributed by atoms with van der Waals surface area (Å²) in [6.45, 7) is 1.91. The van der Waals surface area contributed by atoms with Crippen LogP contribution in [0.4, 0.5) is 10.6 Å². The van der Waals surface area contributed by atoms with Gasteiger partial charge in [-0.25, -0.2) is 9.48 Å². The number of benzene rings is 1. The van der Waals surface area contributed by atoms with Crippen molar-refractivity contribution >= 4 is 23.8 Å². The number of ether oxygens (including phenoxy) is 1. The Bertz CT molecular complexity index is 933. The molecule has 1 fully saturated rings. The van der Waals surface area contributed by atoms with E-state index in [0.29, 0.717) is 11.6 Å². The Labute approximate surface area is 181 Å². The average molecular weight is 428 g/mol. The summed E-state index contributed by atoms with van der Waals surface area (Å²) in [6.07, 6.45) is 3.20. The zero-order valence-corrected chi connectivity index (χ0v) is 18.0. The zero-order chi connectivity index (χ0) is 22.5. The van der Waals surface area contributed by atoms with Crippen LogP contribution in [-0.2, 0) is 9.59 Å². The van der Waals surface area contributed by atoms with Crippen LogP contribution in [-0.4, -0.2) is 58.4 Å². The molecule has 0 radical (unpaired) electrons. The highest BCUT2D eigenvalue weighted by atomic mass is 16.7. The molecule has 3 rings (SSSR count). The van der Waals surface area contributed by atoms with Crippen LogP contribution in [0.5, 0.6) is 5.75 Å². The quantitative estimate of drug-likeness (QED) is 0.709. The Hall–Kier alpha value is -3.36. The predicted molar refractivity (Wildman–Crippen MR) is 114 cm³/mol. The molecule has 166 valence electrons. The first-order chi connectivity index (χ1) is 14.8. The summed E-state index contributed by atoms with van der Waals surface area (Å²) in [4.78, 5) is 39.9. The highest BCUT2D eigenvalue weighted by Crippen LogP contribution is 2.34. The molecule has 0 unspecified atom stereocenters. The maximum absolute atomic E-state index is 13.5. The van der Waals surface area contributed by atoms with Crippen molar-refractivity contribution in [2.75, 3.05) is 25.5 Å². The molecule has 1 aromatic carbocycles. The highest BCUT2D eigenvalue weighted by molar-refractivity contribution is 6.00. The molecular weight excluding hydrogens is 400 g/mol. The third-order valence-electron chi connectivity index (χ3n) is 5.56. The van der Waals surface area contributed by atoms with E-state index in [1.54, 1.807) is 26.2 Å². The fourth-order valence-corrected chi connectivity index (χ4v) is 3.68. The van der Waals surface area contributed by atoms with Crippen molar-refractivity contribution in [3.8, 4) is 11.4 Å². The van der Waals surface area contributed by atoms with Gasteiger partial charge in [-0.1, -0.05) is 25.1 Å². The number of hydrogen-bond donors (Lipinski definition) is 1. The summed E-state index contributed by atoms with van der Waals surface area (Å²) in [5.41, 5.74) is 0.668. The third-order valence-corrected chi connectivity index (χ3v) is 5.56. The summed E-state index contributed by atoms with van der Waals surface area (Å²) in [6, 6.07) is 9.06. The normalized spacial score (nSPS) is 18.3. The number of hydrogen-bond acceptors (Lipinski definition) is 5. The van der Waals surface area contributed by atoms with E-state index in [1.165, 1.54) is 20.7 Å². The number of nitrogens with zero attached hydrogens (tertiary/aromatic N) is 4. The van der Waals surface area contributed by atoms with Crippen molar-refractivity contribution in [1.82, 2.24) is 14.7 Å². The van der Waals surface area contributed by atoms with Crippen LogP contribution in [0.25, 0.3) is 5.69 Å². The number of carbonyl (C=O) groups excluding carboxylic acids is 2. The molecule has 1 saturated carbocycles. The molecule has 0 spiro atoms. The second-order valence-electron chi connectivity index (χ2n) is 8.13. The highest BCUT2D eigenvalue weighted by Gasteiger charge is 2.34. The first-order valence-electron chi connectivity index (χ1n) is 10.3. The Balaban J connectivity index is 2.01. The predicted octanol–water partition coefficient (Wildman–Crippen LogP) is 3.18. The summed E-state index contributed by atoms with van der Waals surface area (Å²) >= 11 is 0. The van der Waals surface area contributed by atoms with Gasteiger partial charge in [0, 0.05) is 20.0 Å². The van der Waals surface area contributed by atoms with E-state index >= 15 is 0 Å². The van der Waals surface area contributed by atoms with Gasteiger partial charge in [-0.05, 0) is 43.7 Å². The van der Waals surface area contributed by atoms with Crippen molar-refractivity contribution < 1.29 is 24.2 Å². The monoisotopic (exact) mass is 428 g/mol. The van der Waals surface area contributed by atoms with Gasteiger partial charge in [0.15, 0.2) is 5.75 Å². The number of para-hydroxylation sites is 1. The number of rotatable bonds is 6. The van der Waals surface area contributed by atoms with Gasteiger partial charge in [-0.3, -0.25) is 14.5 Å². The second kappa shape index (κ2) is 9.63. The van der Waals surface area contributed by atoms with E-state index in [9.17, 15) is 19.5 Å². The smallest absolute Gasteiger partial charge is 0.449 e. The Kier molecular flexibility index (Phi) is 6.94. The summed E-state index contributed by atoms with van der Waals surface area (Å²) in [5, 5.41) is 13.6. The van der Waals surface area contributed by atoms with Crippen LogP contribution in [0, 0.1) is 11.8 Å². The molecule has 1 heterocycles.